The molecule has 1 saturated carbocycles. The normalized spacial score (nSPS) is 21.5. The van der Waals surface area contributed by atoms with Crippen molar-refractivity contribution in [2.45, 2.75) is 37.1 Å². The topological polar surface area (TPSA) is 101 Å². The molecule has 1 amide bonds. The minimum atomic E-state index is -3.39. The molecule has 2 atom stereocenters. The van der Waals surface area contributed by atoms with Crippen molar-refractivity contribution in [2.75, 3.05) is 6.26 Å². The van der Waals surface area contributed by atoms with Gasteiger partial charge < -0.3 is 10.4 Å². The van der Waals surface area contributed by atoms with Gasteiger partial charge in [0, 0.05) is 17.9 Å². The number of rotatable bonds is 4. The average Bonchev–Trinajstić information content (AvgIpc) is 2.86. The quantitative estimate of drug-likeness (QED) is 0.871. The standard InChI is InChI=1S/C15H19NO5S/c1-9-3-4-10(8-13(9)22(2,20)21)14(17)16-12-6-5-11(7-12)15(18)19/h3-4,8,11-12H,5-7H2,1-2H3,(H,16,17)(H,18,19)/t11-,12+/m0/s1. The molecule has 0 aromatic heterocycles. The van der Waals surface area contributed by atoms with Crippen LogP contribution < -0.4 is 5.32 Å². The smallest absolute Gasteiger partial charge is 0.306 e. The highest BCUT2D eigenvalue weighted by atomic mass is 32.2. The molecule has 0 saturated heterocycles. The molecule has 6 nitrogen and oxygen atoms in total. The Labute approximate surface area is 129 Å². The number of aliphatic carboxylic acids is 1. The van der Waals surface area contributed by atoms with Gasteiger partial charge in [0.05, 0.1) is 10.8 Å². The highest BCUT2D eigenvalue weighted by Gasteiger charge is 2.30. The molecule has 1 aromatic carbocycles. The van der Waals surface area contributed by atoms with Crippen molar-refractivity contribution in [2.24, 2.45) is 5.92 Å². The van der Waals surface area contributed by atoms with Crippen LogP contribution in [0.3, 0.4) is 0 Å². The first kappa shape index (κ1) is 16.5. The fourth-order valence-corrected chi connectivity index (χ4v) is 3.74. The summed E-state index contributed by atoms with van der Waals surface area (Å²) in [5.74, 6) is -1.64. The van der Waals surface area contributed by atoms with Crippen LogP contribution in [0, 0.1) is 12.8 Å². The summed E-state index contributed by atoms with van der Waals surface area (Å²) in [5, 5.41) is 11.7. The van der Waals surface area contributed by atoms with Gasteiger partial charge in [0.25, 0.3) is 5.91 Å². The van der Waals surface area contributed by atoms with Crippen molar-refractivity contribution in [1.29, 1.82) is 0 Å². The molecule has 1 fully saturated rings. The Balaban J connectivity index is 2.13. The van der Waals surface area contributed by atoms with E-state index in [1.807, 2.05) is 0 Å². The van der Waals surface area contributed by atoms with Gasteiger partial charge >= 0.3 is 5.97 Å². The summed E-state index contributed by atoms with van der Waals surface area (Å²) in [4.78, 5) is 23.3. The Morgan fingerprint density at radius 3 is 2.50 bits per heavy atom. The second kappa shape index (κ2) is 6.08. The molecule has 7 heteroatoms. The minimum absolute atomic E-state index is 0.134. The van der Waals surface area contributed by atoms with Gasteiger partial charge in [0.15, 0.2) is 9.84 Å². The SMILES string of the molecule is Cc1ccc(C(=O)N[C@@H]2CC[C@H](C(=O)O)C2)cc1S(C)(=O)=O. The number of hydrogen-bond acceptors (Lipinski definition) is 4. The molecule has 0 unspecified atom stereocenters. The second-order valence-corrected chi connectivity index (χ2v) is 7.76. The van der Waals surface area contributed by atoms with Crippen LogP contribution in [0.4, 0.5) is 0 Å². The summed E-state index contributed by atoms with van der Waals surface area (Å²) in [7, 11) is -3.39. The van der Waals surface area contributed by atoms with E-state index in [2.05, 4.69) is 5.32 Å². The van der Waals surface area contributed by atoms with Crippen LogP contribution in [0.5, 0.6) is 0 Å². The van der Waals surface area contributed by atoms with E-state index < -0.39 is 21.7 Å². The largest absolute Gasteiger partial charge is 0.481 e. The van der Waals surface area contributed by atoms with Crippen LogP contribution >= 0.6 is 0 Å². The highest BCUT2D eigenvalue weighted by Crippen LogP contribution is 2.26. The van der Waals surface area contributed by atoms with E-state index in [1.165, 1.54) is 6.07 Å². The van der Waals surface area contributed by atoms with Crippen LogP contribution in [0.1, 0.15) is 35.2 Å². The third kappa shape index (κ3) is 3.65. The van der Waals surface area contributed by atoms with Crippen LogP contribution in [-0.2, 0) is 14.6 Å². The molecule has 0 bridgehead atoms. The van der Waals surface area contributed by atoms with Crippen LogP contribution in [-0.4, -0.2) is 37.7 Å². The van der Waals surface area contributed by atoms with E-state index in [1.54, 1.807) is 19.1 Å². The molecule has 0 spiro atoms. The first-order valence-corrected chi connectivity index (χ1v) is 8.92. The summed E-state index contributed by atoms with van der Waals surface area (Å²) in [6.07, 6.45) is 2.67. The fourth-order valence-electron chi connectivity index (χ4n) is 2.75. The van der Waals surface area contributed by atoms with Crippen molar-refractivity contribution in [3.63, 3.8) is 0 Å². The maximum atomic E-state index is 12.2. The summed E-state index contributed by atoms with van der Waals surface area (Å²) >= 11 is 0. The summed E-state index contributed by atoms with van der Waals surface area (Å²) in [6, 6.07) is 4.35. The van der Waals surface area contributed by atoms with Crippen molar-refractivity contribution in [3.05, 3.63) is 29.3 Å². The van der Waals surface area contributed by atoms with Crippen molar-refractivity contribution in [1.82, 2.24) is 5.32 Å². The summed E-state index contributed by atoms with van der Waals surface area (Å²) in [5.41, 5.74) is 0.857. The van der Waals surface area contributed by atoms with E-state index in [0.717, 1.165) is 6.26 Å². The molecule has 2 rings (SSSR count). The Morgan fingerprint density at radius 1 is 1.27 bits per heavy atom. The van der Waals surface area contributed by atoms with Crippen LogP contribution in [0.15, 0.2) is 23.1 Å². The molecule has 1 aliphatic rings. The van der Waals surface area contributed by atoms with Gasteiger partial charge in [-0.2, -0.15) is 0 Å². The van der Waals surface area contributed by atoms with Crippen LogP contribution in [0.25, 0.3) is 0 Å². The number of amides is 1. The number of sulfone groups is 1. The second-order valence-electron chi connectivity index (χ2n) is 5.77. The van der Waals surface area contributed by atoms with Crippen molar-refractivity contribution < 1.29 is 23.1 Å². The molecule has 2 N–H and O–H groups in total. The van der Waals surface area contributed by atoms with Crippen LogP contribution in [0.2, 0.25) is 0 Å². The van der Waals surface area contributed by atoms with E-state index in [4.69, 9.17) is 5.11 Å². The minimum Gasteiger partial charge on any atom is -0.481 e. The molecular weight excluding hydrogens is 306 g/mol. The predicted molar refractivity (Wildman–Crippen MR) is 80.5 cm³/mol. The van der Waals surface area contributed by atoms with Gasteiger partial charge in [0.1, 0.15) is 0 Å². The zero-order valence-electron chi connectivity index (χ0n) is 12.5. The number of carboxylic acids is 1. The Hall–Kier alpha value is -1.89. The lowest BCUT2D eigenvalue weighted by Crippen LogP contribution is -2.33. The first-order valence-electron chi connectivity index (χ1n) is 7.03. The maximum absolute atomic E-state index is 12.2. The highest BCUT2D eigenvalue weighted by molar-refractivity contribution is 7.90. The van der Waals surface area contributed by atoms with Crippen molar-refractivity contribution >= 4 is 21.7 Å². The monoisotopic (exact) mass is 325 g/mol. The number of aryl methyl sites for hydroxylation is 1. The lowest BCUT2D eigenvalue weighted by atomic mass is 10.1. The number of carbonyl (C=O) groups is 2. The third-order valence-corrected chi connectivity index (χ3v) is 5.21. The molecule has 1 aromatic rings. The molecule has 120 valence electrons. The Morgan fingerprint density at radius 2 is 1.95 bits per heavy atom. The van der Waals surface area contributed by atoms with Gasteiger partial charge in [-0.1, -0.05) is 6.07 Å². The van der Waals surface area contributed by atoms with E-state index in [-0.39, 0.29) is 22.4 Å². The summed E-state index contributed by atoms with van der Waals surface area (Å²) in [6.45, 7) is 1.67. The van der Waals surface area contributed by atoms with Gasteiger partial charge in [0.2, 0.25) is 0 Å². The lowest BCUT2D eigenvalue weighted by Gasteiger charge is -2.13. The molecule has 22 heavy (non-hydrogen) atoms. The number of benzene rings is 1. The van der Waals surface area contributed by atoms with Gasteiger partial charge in [-0.25, -0.2) is 8.42 Å². The first-order chi connectivity index (χ1) is 10.2. The van der Waals surface area contributed by atoms with Gasteiger partial charge in [-0.15, -0.1) is 0 Å². The van der Waals surface area contributed by atoms with Gasteiger partial charge in [-0.05, 0) is 43.9 Å². The Kier molecular flexibility index (Phi) is 4.55. The predicted octanol–water partition coefficient (Wildman–Crippen LogP) is 1.38. The van der Waals surface area contributed by atoms with E-state index in [9.17, 15) is 18.0 Å². The third-order valence-electron chi connectivity index (χ3n) is 3.97. The zero-order chi connectivity index (χ0) is 16.5. The molecule has 0 aliphatic heterocycles. The average molecular weight is 325 g/mol. The number of nitrogens with one attached hydrogen (secondary N) is 1. The summed E-state index contributed by atoms with van der Waals surface area (Å²) < 4.78 is 23.4. The van der Waals surface area contributed by atoms with E-state index in [0.29, 0.717) is 24.8 Å². The maximum Gasteiger partial charge on any atom is 0.306 e. The number of carbonyl (C=O) groups excluding carboxylic acids is 1. The molecule has 0 radical (unpaired) electrons. The molecule has 1 aliphatic carbocycles. The van der Waals surface area contributed by atoms with Crippen molar-refractivity contribution in [3.8, 4) is 0 Å². The molecular formula is C15H19NO5S. The fraction of sp³-hybridized carbons (Fsp3) is 0.467. The number of carboxylic acid groups (broad SMARTS) is 1. The van der Waals surface area contributed by atoms with Gasteiger partial charge in [-0.3, -0.25) is 9.59 Å². The molecule has 0 heterocycles. The lowest BCUT2D eigenvalue weighted by molar-refractivity contribution is -0.141. The van der Waals surface area contributed by atoms with E-state index >= 15 is 0 Å². The Bertz CT molecular complexity index is 711. The zero-order valence-corrected chi connectivity index (χ0v) is 13.3. The number of hydrogen-bond donors (Lipinski definition) is 2.